The number of hydrogen-bond donors (Lipinski definition) is 0. The highest BCUT2D eigenvalue weighted by atomic mass is 32.2. The lowest BCUT2D eigenvalue weighted by molar-refractivity contribution is -0.132. The number of carbonyl (C=O) groups is 1. The zero-order valence-corrected chi connectivity index (χ0v) is 16.1. The molecular weight excluding hydrogens is 372 g/mol. The molecule has 1 aromatic carbocycles. The number of aromatic nitrogens is 1. The lowest BCUT2D eigenvalue weighted by Gasteiger charge is -2.26. The number of benzene rings is 1. The molecule has 1 aliphatic heterocycles. The van der Waals surface area contributed by atoms with Gasteiger partial charge in [0, 0.05) is 18.7 Å². The van der Waals surface area contributed by atoms with Gasteiger partial charge in [-0.2, -0.15) is 0 Å². The van der Waals surface area contributed by atoms with Crippen LogP contribution < -0.4 is 4.74 Å². The van der Waals surface area contributed by atoms with Crippen LogP contribution in [0.4, 0.5) is 0 Å². The number of aryl methyl sites for hydroxylation is 1. The van der Waals surface area contributed by atoms with Crippen LogP contribution in [-0.2, 0) is 25.1 Å². The van der Waals surface area contributed by atoms with Crippen LogP contribution in [0.15, 0.2) is 28.7 Å². The highest BCUT2D eigenvalue weighted by molar-refractivity contribution is 7.91. The van der Waals surface area contributed by atoms with E-state index in [1.54, 1.807) is 38.3 Å². The van der Waals surface area contributed by atoms with Crippen LogP contribution in [-0.4, -0.2) is 63.4 Å². The van der Waals surface area contributed by atoms with Crippen LogP contribution >= 0.6 is 0 Å². The highest BCUT2D eigenvalue weighted by Gasteiger charge is 2.26. The van der Waals surface area contributed by atoms with Crippen molar-refractivity contribution in [2.45, 2.75) is 12.7 Å². The number of nitrogens with zero attached hydrogens (tertiary/aromatic N) is 2. The monoisotopic (exact) mass is 394 g/mol. The van der Waals surface area contributed by atoms with Gasteiger partial charge < -0.3 is 18.8 Å². The SMILES string of the molecule is COc1cccc(-c2nc(CS(=O)(=O)CC(=O)N3CCOCC3)c(C)o2)c1. The fourth-order valence-electron chi connectivity index (χ4n) is 2.79. The molecule has 1 amide bonds. The number of hydrogen-bond acceptors (Lipinski definition) is 7. The molecule has 8 nitrogen and oxygen atoms in total. The molecule has 146 valence electrons. The van der Waals surface area contributed by atoms with Gasteiger partial charge in [-0.05, 0) is 25.1 Å². The van der Waals surface area contributed by atoms with Crippen molar-refractivity contribution in [2.24, 2.45) is 0 Å². The van der Waals surface area contributed by atoms with E-state index in [4.69, 9.17) is 13.9 Å². The van der Waals surface area contributed by atoms with Gasteiger partial charge in [-0.1, -0.05) is 6.07 Å². The third-order valence-electron chi connectivity index (χ3n) is 4.27. The fraction of sp³-hybridized carbons (Fsp3) is 0.444. The Hall–Kier alpha value is -2.39. The summed E-state index contributed by atoms with van der Waals surface area (Å²) >= 11 is 0. The number of carbonyl (C=O) groups excluding carboxylic acids is 1. The zero-order valence-electron chi connectivity index (χ0n) is 15.3. The van der Waals surface area contributed by atoms with Crippen molar-refractivity contribution in [3.05, 3.63) is 35.7 Å². The molecule has 1 aromatic heterocycles. The maximum absolute atomic E-state index is 12.5. The Morgan fingerprint density at radius 3 is 2.74 bits per heavy atom. The second-order valence-corrected chi connectivity index (χ2v) is 8.34. The standard InChI is InChI=1S/C18H22N2O6S/c1-13-16(19-18(26-13)14-4-3-5-15(10-14)24-2)11-27(22,23)12-17(21)20-6-8-25-9-7-20/h3-5,10H,6-9,11-12H2,1-2H3. The molecule has 1 fully saturated rings. The van der Waals surface area contributed by atoms with Gasteiger partial charge >= 0.3 is 0 Å². The van der Waals surface area contributed by atoms with Gasteiger partial charge in [0.05, 0.1) is 31.8 Å². The van der Waals surface area contributed by atoms with Gasteiger partial charge in [0.2, 0.25) is 11.8 Å². The summed E-state index contributed by atoms with van der Waals surface area (Å²) in [5, 5.41) is 0. The van der Waals surface area contributed by atoms with E-state index in [1.165, 1.54) is 4.90 Å². The van der Waals surface area contributed by atoms with E-state index in [1.807, 2.05) is 0 Å². The molecule has 2 aromatic rings. The van der Waals surface area contributed by atoms with Crippen LogP contribution in [0, 0.1) is 6.92 Å². The Bertz CT molecular complexity index is 916. The minimum absolute atomic E-state index is 0.308. The Labute approximate surface area is 158 Å². The molecule has 0 aliphatic carbocycles. The van der Waals surface area contributed by atoms with Crippen LogP contribution in [0.2, 0.25) is 0 Å². The molecule has 0 unspecified atom stereocenters. The number of oxazole rings is 1. The Balaban J connectivity index is 1.72. The van der Waals surface area contributed by atoms with Crippen molar-refractivity contribution in [3.63, 3.8) is 0 Å². The van der Waals surface area contributed by atoms with Crippen molar-refractivity contribution in [1.82, 2.24) is 9.88 Å². The highest BCUT2D eigenvalue weighted by Crippen LogP contribution is 2.26. The second-order valence-electron chi connectivity index (χ2n) is 6.28. The summed E-state index contributed by atoms with van der Waals surface area (Å²) in [4.78, 5) is 18.0. The largest absolute Gasteiger partial charge is 0.497 e. The molecular formula is C18H22N2O6S. The van der Waals surface area contributed by atoms with E-state index in [0.29, 0.717) is 55.0 Å². The molecule has 0 N–H and O–H groups in total. The van der Waals surface area contributed by atoms with Crippen LogP contribution in [0.25, 0.3) is 11.5 Å². The average molecular weight is 394 g/mol. The summed E-state index contributed by atoms with van der Waals surface area (Å²) in [6.45, 7) is 3.34. The van der Waals surface area contributed by atoms with Gasteiger partial charge in [-0.3, -0.25) is 4.79 Å². The summed E-state index contributed by atoms with van der Waals surface area (Å²) in [6, 6.07) is 7.15. The number of amides is 1. The van der Waals surface area contributed by atoms with Crippen molar-refractivity contribution in [1.29, 1.82) is 0 Å². The first kappa shape index (κ1) is 19.4. The molecule has 2 heterocycles. The van der Waals surface area contributed by atoms with E-state index in [0.717, 1.165) is 0 Å². The van der Waals surface area contributed by atoms with Gasteiger partial charge in [0.15, 0.2) is 9.84 Å². The van der Waals surface area contributed by atoms with Gasteiger partial charge in [0.1, 0.15) is 17.3 Å². The fourth-order valence-corrected chi connectivity index (χ4v) is 4.14. The first-order chi connectivity index (χ1) is 12.9. The van der Waals surface area contributed by atoms with E-state index in [9.17, 15) is 13.2 Å². The van der Waals surface area contributed by atoms with E-state index in [-0.39, 0.29) is 5.75 Å². The smallest absolute Gasteiger partial charge is 0.237 e. The number of morpholine rings is 1. The lowest BCUT2D eigenvalue weighted by Crippen LogP contribution is -2.43. The lowest BCUT2D eigenvalue weighted by atomic mass is 10.2. The first-order valence-corrected chi connectivity index (χ1v) is 10.4. The number of sulfone groups is 1. The minimum Gasteiger partial charge on any atom is -0.497 e. The van der Waals surface area contributed by atoms with E-state index < -0.39 is 21.5 Å². The molecule has 1 saturated heterocycles. The summed E-state index contributed by atoms with van der Waals surface area (Å²) in [5.41, 5.74) is 0.994. The molecule has 0 radical (unpaired) electrons. The predicted octanol–water partition coefficient (Wildman–Crippen LogP) is 1.43. The minimum atomic E-state index is -3.67. The molecule has 0 saturated carbocycles. The summed E-state index contributed by atoms with van der Waals surface area (Å²) in [5.74, 6) is 0.0725. The molecule has 1 aliphatic rings. The average Bonchev–Trinajstić information content (AvgIpc) is 3.02. The first-order valence-electron chi connectivity index (χ1n) is 8.54. The quantitative estimate of drug-likeness (QED) is 0.731. The Morgan fingerprint density at radius 2 is 2.04 bits per heavy atom. The zero-order chi connectivity index (χ0) is 19.4. The third-order valence-corrected chi connectivity index (χ3v) is 5.67. The molecule has 0 atom stereocenters. The summed E-state index contributed by atoms with van der Waals surface area (Å²) in [6.07, 6.45) is 0. The maximum Gasteiger partial charge on any atom is 0.237 e. The van der Waals surface area contributed by atoms with Crippen LogP contribution in [0.3, 0.4) is 0 Å². The second kappa shape index (κ2) is 8.10. The Kier molecular flexibility index (Phi) is 5.81. The maximum atomic E-state index is 12.5. The number of rotatable bonds is 6. The number of methoxy groups -OCH3 is 1. The predicted molar refractivity (Wildman–Crippen MR) is 98.1 cm³/mol. The van der Waals surface area contributed by atoms with Crippen LogP contribution in [0.1, 0.15) is 11.5 Å². The van der Waals surface area contributed by atoms with Gasteiger partial charge in [0.25, 0.3) is 0 Å². The molecule has 0 bridgehead atoms. The molecule has 0 spiro atoms. The number of ether oxygens (including phenoxy) is 2. The van der Waals surface area contributed by atoms with Crippen molar-refractivity contribution in [2.75, 3.05) is 39.2 Å². The van der Waals surface area contributed by atoms with Crippen LogP contribution in [0.5, 0.6) is 5.75 Å². The summed E-state index contributed by atoms with van der Waals surface area (Å²) < 4.78 is 40.9. The molecule has 27 heavy (non-hydrogen) atoms. The normalized spacial score (nSPS) is 15.0. The van der Waals surface area contributed by atoms with Gasteiger partial charge in [-0.25, -0.2) is 13.4 Å². The van der Waals surface area contributed by atoms with Gasteiger partial charge in [-0.15, -0.1) is 0 Å². The molecule has 9 heteroatoms. The molecule has 3 rings (SSSR count). The summed E-state index contributed by atoms with van der Waals surface area (Å²) in [7, 11) is -2.11. The van der Waals surface area contributed by atoms with Crippen molar-refractivity contribution >= 4 is 15.7 Å². The van der Waals surface area contributed by atoms with Crippen molar-refractivity contribution in [3.8, 4) is 17.2 Å². The van der Waals surface area contributed by atoms with E-state index >= 15 is 0 Å². The Morgan fingerprint density at radius 1 is 1.30 bits per heavy atom. The topological polar surface area (TPSA) is 98.9 Å². The third kappa shape index (κ3) is 4.86. The van der Waals surface area contributed by atoms with E-state index in [2.05, 4.69) is 4.98 Å². The van der Waals surface area contributed by atoms with Crippen molar-refractivity contribution < 1.29 is 27.1 Å².